The number of nitrogens with one attached hydrogen (secondary N) is 1. The first-order chi connectivity index (χ1) is 6.26. The largest absolute Gasteiger partial charge is 0.368 e. The van der Waals surface area contributed by atoms with Gasteiger partial charge in [-0.05, 0) is 6.42 Å². The first-order valence-electron chi connectivity index (χ1n) is 3.97. The third kappa shape index (κ3) is 2.90. The average molecular weight is 197 g/mol. The Kier molecular flexibility index (Phi) is 3.51. The summed E-state index contributed by atoms with van der Waals surface area (Å²) in [6, 6.07) is 0. The molecule has 1 aromatic rings. The Balaban J connectivity index is 2.81. The minimum absolute atomic E-state index is 0.185. The number of nitrogens with zero attached hydrogens (tertiary/aromatic N) is 3. The van der Waals surface area contributed by atoms with Gasteiger partial charge in [-0.15, -0.1) is 0 Å². The SMILES string of the molecule is CCCNc1nc(N)nc(C=S)n1. The minimum Gasteiger partial charge on any atom is -0.368 e. The molecule has 1 aromatic heterocycles. The summed E-state index contributed by atoms with van der Waals surface area (Å²) in [5, 5.41) is 4.37. The van der Waals surface area contributed by atoms with Crippen molar-refractivity contribution < 1.29 is 0 Å². The fraction of sp³-hybridized carbons (Fsp3) is 0.429. The van der Waals surface area contributed by atoms with E-state index in [9.17, 15) is 0 Å². The second-order valence-electron chi connectivity index (χ2n) is 2.42. The Morgan fingerprint density at radius 1 is 1.46 bits per heavy atom. The van der Waals surface area contributed by atoms with E-state index >= 15 is 0 Å². The monoisotopic (exact) mass is 197 g/mol. The summed E-state index contributed by atoms with van der Waals surface area (Å²) in [5.41, 5.74) is 5.44. The molecule has 0 aliphatic rings. The van der Waals surface area contributed by atoms with Gasteiger partial charge in [0, 0.05) is 11.9 Å². The lowest BCUT2D eigenvalue weighted by Gasteiger charge is -2.03. The van der Waals surface area contributed by atoms with Crippen molar-refractivity contribution in [3.05, 3.63) is 5.82 Å². The van der Waals surface area contributed by atoms with Crippen LogP contribution in [0.25, 0.3) is 0 Å². The van der Waals surface area contributed by atoms with Crippen LogP contribution < -0.4 is 11.1 Å². The van der Waals surface area contributed by atoms with Crippen LogP contribution in [-0.2, 0) is 0 Å². The lowest BCUT2D eigenvalue weighted by Crippen LogP contribution is -2.09. The summed E-state index contributed by atoms with van der Waals surface area (Å²) < 4.78 is 0. The van der Waals surface area contributed by atoms with Gasteiger partial charge in [0.05, 0.1) is 0 Å². The molecule has 0 spiro atoms. The molecule has 0 amide bonds. The molecule has 5 nitrogen and oxygen atoms in total. The summed E-state index contributed by atoms with van der Waals surface area (Å²) >= 11 is 4.69. The standard InChI is InChI=1S/C7H11N5S/c1-2-3-9-7-11-5(4-13)10-6(8)12-7/h4H,2-3H2,1H3,(H3,8,9,10,11,12). The van der Waals surface area contributed by atoms with Gasteiger partial charge in [-0.2, -0.15) is 15.0 Å². The quantitative estimate of drug-likeness (QED) is 0.689. The van der Waals surface area contributed by atoms with Crippen molar-refractivity contribution in [1.29, 1.82) is 0 Å². The maximum absolute atomic E-state index is 5.44. The molecule has 0 aromatic carbocycles. The maximum Gasteiger partial charge on any atom is 0.228 e. The fourth-order valence-corrected chi connectivity index (χ4v) is 0.883. The number of anilines is 2. The summed E-state index contributed by atoms with van der Waals surface area (Å²) in [4.78, 5) is 11.7. The topological polar surface area (TPSA) is 76.7 Å². The van der Waals surface area contributed by atoms with Crippen LogP contribution in [0.4, 0.5) is 11.9 Å². The van der Waals surface area contributed by atoms with E-state index in [1.807, 2.05) is 0 Å². The second-order valence-corrected chi connectivity index (χ2v) is 2.66. The van der Waals surface area contributed by atoms with Crippen molar-refractivity contribution in [1.82, 2.24) is 15.0 Å². The summed E-state index contributed by atoms with van der Waals surface area (Å²) in [5.74, 6) is 1.08. The smallest absolute Gasteiger partial charge is 0.228 e. The molecule has 0 bridgehead atoms. The molecule has 1 heterocycles. The van der Waals surface area contributed by atoms with Crippen molar-refractivity contribution in [3.8, 4) is 0 Å². The Hall–Kier alpha value is -1.30. The van der Waals surface area contributed by atoms with Gasteiger partial charge < -0.3 is 11.1 Å². The van der Waals surface area contributed by atoms with Crippen LogP contribution >= 0.6 is 12.2 Å². The van der Waals surface area contributed by atoms with Crippen LogP contribution in [0.5, 0.6) is 0 Å². The Morgan fingerprint density at radius 3 is 2.85 bits per heavy atom. The van der Waals surface area contributed by atoms with E-state index in [0.29, 0.717) is 11.8 Å². The third-order valence-corrected chi connectivity index (χ3v) is 1.52. The third-order valence-electron chi connectivity index (χ3n) is 1.31. The van der Waals surface area contributed by atoms with Crippen LogP contribution in [0.2, 0.25) is 0 Å². The highest BCUT2D eigenvalue weighted by molar-refractivity contribution is 7.79. The van der Waals surface area contributed by atoms with Crippen LogP contribution in [0.3, 0.4) is 0 Å². The van der Waals surface area contributed by atoms with E-state index < -0.39 is 0 Å². The van der Waals surface area contributed by atoms with Crippen molar-refractivity contribution >= 4 is 29.5 Å². The second kappa shape index (κ2) is 4.66. The number of nitrogen functional groups attached to an aromatic ring is 1. The summed E-state index contributed by atoms with van der Waals surface area (Å²) in [6.07, 6.45) is 0.999. The molecule has 6 heteroatoms. The van der Waals surface area contributed by atoms with Gasteiger partial charge in [-0.3, -0.25) is 0 Å². The van der Waals surface area contributed by atoms with Gasteiger partial charge in [0.25, 0.3) is 0 Å². The first kappa shape index (κ1) is 9.79. The predicted octanol–water partition coefficient (Wildman–Crippen LogP) is 0.623. The van der Waals surface area contributed by atoms with E-state index in [1.54, 1.807) is 0 Å². The molecule has 1 rings (SSSR count). The summed E-state index contributed by atoms with van der Waals surface area (Å²) in [6.45, 7) is 2.86. The average Bonchev–Trinajstić information content (AvgIpc) is 2.14. The number of hydrogen-bond acceptors (Lipinski definition) is 6. The van der Waals surface area contributed by atoms with Crippen LogP contribution in [-0.4, -0.2) is 26.9 Å². The van der Waals surface area contributed by atoms with E-state index in [-0.39, 0.29) is 5.95 Å². The van der Waals surface area contributed by atoms with E-state index in [0.717, 1.165) is 13.0 Å². The zero-order valence-corrected chi connectivity index (χ0v) is 8.14. The highest BCUT2D eigenvalue weighted by atomic mass is 32.1. The molecule has 3 N–H and O–H groups in total. The first-order valence-corrected chi connectivity index (χ1v) is 4.44. The zero-order valence-electron chi connectivity index (χ0n) is 7.32. The number of hydrogen-bond donors (Lipinski definition) is 2. The van der Waals surface area contributed by atoms with Crippen LogP contribution in [0.1, 0.15) is 19.2 Å². The fourth-order valence-electron chi connectivity index (χ4n) is 0.778. The molecule has 0 saturated carbocycles. The number of aromatic nitrogens is 3. The molecule has 70 valence electrons. The van der Waals surface area contributed by atoms with Crippen LogP contribution in [0, 0.1) is 0 Å². The molecule has 0 unspecified atom stereocenters. The Bertz CT molecular complexity index is 301. The van der Waals surface area contributed by atoms with E-state index in [1.165, 1.54) is 5.37 Å². The van der Waals surface area contributed by atoms with Crippen LogP contribution in [0.15, 0.2) is 0 Å². The Morgan fingerprint density at radius 2 is 2.23 bits per heavy atom. The van der Waals surface area contributed by atoms with E-state index in [4.69, 9.17) is 5.73 Å². The minimum atomic E-state index is 0.185. The molecule has 13 heavy (non-hydrogen) atoms. The van der Waals surface area contributed by atoms with Gasteiger partial charge in [0.15, 0.2) is 5.82 Å². The van der Waals surface area contributed by atoms with Gasteiger partial charge in [0.2, 0.25) is 11.9 Å². The molecule has 0 fully saturated rings. The zero-order chi connectivity index (χ0) is 9.68. The van der Waals surface area contributed by atoms with Gasteiger partial charge in [-0.1, -0.05) is 19.1 Å². The molecular formula is C7H11N5S. The van der Waals surface area contributed by atoms with Crippen molar-refractivity contribution in [3.63, 3.8) is 0 Å². The number of nitrogens with two attached hydrogens (primary N) is 1. The lowest BCUT2D eigenvalue weighted by atomic mass is 10.5. The van der Waals surface area contributed by atoms with Gasteiger partial charge in [0.1, 0.15) is 0 Å². The summed E-state index contributed by atoms with van der Waals surface area (Å²) in [7, 11) is 0. The highest BCUT2D eigenvalue weighted by Gasteiger charge is 2.00. The molecule has 0 atom stereocenters. The van der Waals surface area contributed by atoms with Gasteiger partial charge >= 0.3 is 0 Å². The van der Waals surface area contributed by atoms with Crippen molar-refractivity contribution in [2.45, 2.75) is 13.3 Å². The lowest BCUT2D eigenvalue weighted by molar-refractivity contribution is 0.939. The molecule has 0 saturated heterocycles. The van der Waals surface area contributed by atoms with Gasteiger partial charge in [-0.25, -0.2) is 0 Å². The normalized spacial score (nSPS) is 9.62. The number of rotatable bonds is 4. The maximum atomic E-state index is 5.44. The van der Waals surface area contributed by atoms with E-state index in [2.05, 4.69) is 39.4 Å². The molecule has 0 radical (unpaired) electrons. The highest BCUT2D eigenvalue weighted by Crippen LogP contribution is 2.00. The predicted molar refractivity (Wildman–Crippen MR) is 55.8 cm³/mol. The Labute approximate surface area is 81.8 Å². The number of thiocarbonyl (C=S) groups is 1. The van der Waals surface area contributed by atoms with Crippen molar-refractivity contribution in [2.24, 2.45) is 0 Å². The molecular weight excluding hydrogens is 186 g/mol. The van der Waals surface area contributed by atoms with Crippen molar-refractivity contribution in [2.75, 3.05) is 17.6 Å². The molecule has 0 aliphatic heterocycles. The molecule has 0 aliphatic carbocycles.